The quantitative estimate of drug-likeness (QED) is 0.829. The third kappa shape index (κ3) is 3.09. The topological polar surface area (TPSA) is 55.4 Å². The molecule has 96 valence electrons. The Morgan fingerprint density at radius 2 is 2.22 bits per heavy atom. The lowest BCUT2D eigenvalue weighted by Crippen LogP contribution is -2.19. The van der Waals surface area contributed by atoms with Crippen LogP contribution < -0.4 is 5.32 Å². The second kappa shape index (κ2) is 5.67. The van der Waals surface area contributed by atoms with Gasteiger partial charge >= 0.3 is 5.97 Å². The van der Waals surface area contributed by atoms with Crippen molar-refractivity contribution in [3.63, 3.8) is 0 Å². The monoisotopic (exact) mass is 247 g/mol. The molecule has 1 aliphatic heterocycles. The van der Waals surface area contributed by atoms with Gasteiger partial charge in [-0.15, -0.1) is 0 Å². The van der Waals surface area contributed by atoms with Crippen molar-refractivity contribution in [1.29, 1.82) is 0 Å². The summed E-state index contributed by atoms with van der Waals surface area (Å²) in [6.07, 6.45) is 2.36. The first-order valence-electron chi connectivity index (χ1n) is 6.26. The lowest BCUT2D eigenvalue weighted by Gasteiger charge is -2.17. The van der Waals surface area contributed by atoms with Crippen molar-refractivity contribution in [2.24, 2.45) is 0 Å². The number of amides is 1. The molecular formula is C14H17NO3. The predicted octanol–water partition coefficient (Wildman–Crippen LogP) is 2.07. The van der Waals surface area contributed by atoms with E-state index in [1.165, 1.54) is 0 Å². The Morgan fingerprint density at radius 1 is 1.39 bits per heavy atom. The van der Waals surface area contributed by atoms with Gasteiger partial charge in [0, 0.05) is 18.5 Å². The zero-order chi connectivity index (χ0) is 13.0. The van der Waals surface area contributed by atoms with E-state index >= 15 is 0 Å². The van der Waals surface area contributed by atoms with Crippen LogP contribution in [0.2, 0.25) is 0 Å². The van der Waals surface area contributed by atoms with E-state index in [4.69, 9.17) is 4.74 Å². The van der Waals surface area contributed by atoms with E-state index in [9.17, 15) is 9.59 Å². The SMILES string of the molecule is CCOC(=O)CCc1ccc2c(c1)NC(=O)CC2. The van der Waals surface area contributed by atoms with Gasteiger partial charge in [0.15, 0.2) is 0 Å². The first-order valence-corrected chi connectivity index (χ1v) is 6.26. The van der Waals surface area contributed by atoms with Gasteiger partial charge in [-0.2, -0.15) is 0 Å². The molecule has 0 bridgehead atoms. The van der Waals surface area contributed by atoms with Gasteiger partial charge < -0.3 is 10.1 Å². The van der Waals surface area contributed by atoms with Gasteiger partial charge in [0.05, 0.1) is 6.61 Å². The molecule has 0 saturated heterocycles. The molecule has 0 aliphatic carbocycles. The van der Waals surface area contributed by atoms with Gasteiger partial charge in [0.2, 0.25) is 5.91 Å². The molecule has 1 aromatic rings. The first kappa shape index (κ1) is 12.6. The molecule has 1 aromatic carbocycles. The van der Waals surface area contributed by atoms with E-state index in [0.29, 0.717) is 25.9 Å². The van der Waals surface area contributed by atoms with Gasteiger partial charge in [0.25, 0.3) is 0 Å². The number of fused-ring (bicyclic) bond motifs is 1. The molecule has 0 spiro atoms. The van der Waals surface area contributed by atoms with Crippen molar-refractivity contribution in [3.8, 4) is 0 Å². The molecule has 0 atom stereocenters. The summed E-state index contributed by atoms with van der Waals surface area (Å²) in [4.78, 5) is 22.6. The summed E-state index contributed by atoms with van der Waals surface area (Å²) in [6.45, 7) is 2.21. The van der Waals surface area contributed by atoms with Crippen LogP contribution in [0.3, 0.4) is 0 Å². The van der Waals surface area contributed by atoms with Crippen molar-refractivity contribution in [2.75, 3.05) is 11.9 Å². The number of nitrogens with one attached hydrogen (secondary N) is 1. The molecule has 2 rings (SSSR count). The van der Waals surface area contributed by atoms with Crippen LogP contribution in [0, 0.1) is 0 Å². The average Bonchev–Trinajstić information content (AvgIpc) is 2.36. The van der Waals surface area contributed by atoms with Gasteiger partial charge in [-0.25, -0.2) is 0 Å². The average molecular weight is 247 g/mol. The highest BCUT2D eigenvalue weighted by Crippen LogP contribution is 2.24. The van der Waals surface area contributed by atoms with Crippen LogP contribution >= 0.6 is 0 Å². The maximum absolute atomic E-state index is 11.3. The second-order valence-electron chi connectivity index (χ2n) is 4.34. The van der Waals surface area contributed by atoms with Crippen LogP contribution in [-0.2, 0) is 27.2 Å². The van der Waals surface area contributed by atoms with Gasteiger partial charge in [-0.3, -0.25) is 9.59 Å². The van der Waals surface area contributed by atoms with Crippen molar-refractivity contribution in [3.05, 3.63) is 29.3 Å². The predicted molar refractivity (Wildman–Crippen MR) is 68.3 cm³/mol. The summed E-state index contributed by atoms with van der Waals surface area (Å²) in [5, 5.41) is 2.86. The normalized spacial score (nSPS) is 13.7. The fourth-order valence-corrected chi connectivity index (χ4v) is 2.05. The Hall–Kier alpha value is -1.84. The molecule has 0 aromatic heterocycles. The molecule has 0 saturated carbocycles. The summed E-state index contributed by atoms with van der Waals surface area (Å²) in [6, 6.07) is 5.98. The summed E-state index contributed by atoms with van der Waals surface area (Å²) in [5.74, 6) is -0.121. The van der Waals surface area contributed by atoms with Crippen molar-refractivity contribution in [1.82, 2.24) is 0 Å². The summed E-state index contributed by atoms with van der Waals surface area (Å²) < 4.78 is 4.88. The molecule has 0 radical (unpaired) electrons. The third-order valence-corrected chi connectivity index (χ3v) is 2.99. The Balaban J connectivity index is 2.00. The van der Waals surface area contributed by atoms with Crippen molar-refractivity contribution >= 4 is 17.6 Å². The number of hydrogen-bond donors (Lipinski definition) is 1. The minimum absolute atomic E-state index is 0.0602. The minimum Gasteiger partial charge on any atom is -0.466 e. The van der Waals surface area contributed by atoms with E-state index in [-0.39, 0.29) is 11.9 Å². The Labute approximate surface area is 106 Å². The zero-order valence-corrected chi connectivity index (χ0v) is 10.5. The van der Waals surface area contributed by atoms with Crippen LogP contribution in [0.5, 0.6) is 0 Å². The Kier molecular flexibility index (Phi) is 3.97. The number of carbonyl (C=O) groups is 2. The summed E-state index contributed by atoms with van der Waals surface area (Å²) in [5.41, 5.74) is 3.09. The number of benzene rings is 1. The van der Waals surface area contributed by atoms with Crippen LogP contribution in [0.4, 0.5) is 5.69 Å². The van der Waals surface area contributed by atoms with Crippen LogP contribution in [-0.4, -0.2) is 18.5 Å². The van der Waals surface area contributed by atoms with Crippen molar-refractivity contribution < 1.29 is 14.3 Å². The smallest absolute Gasteiger partial charge is 0.306 e. The molecule has 0 fully saturated rings. The highest BCUT2D eigenvalue weighted by molar-refractivity contribution is 5.94. The van der Waals surface area contributed by atoms with Crippen LogP contribution in [0.1, 0.15) is 30.9 Å². The number of hydrogen-bond acceptors (Lipinski definition) is 3. The van der Waals surface area contributed by atoms with Gasteiger partial charge in [-0.1, -0.05) is 12.1 Å². The highest BCUT2D eigenvalue weighted by atomic mass is 16.5. The maximum Gasteiger partial charge on any atom is 0.306 e. The molecule has 0 unspecified atom stereocenters. The van der Waals surface area contributed by atoms with E-state index < -0.39 is 0 Å². The first-order chi connectivity index (χ1) is 8.69. The summed E-state index contributed by atoms with van der Waals surface area (Å²) in [7, 11) is 0. The van der Waals surface area contributed by atoms with Gasteiger partial charge in [-0.05, 0) is 37.0 Å². The number of aryl methyl sites for hydroxylation is 2. The van der Waals surface area contributed by atoms with E-state index in [0.717, 1.165) is 23.2 Å². The largest absolute Gasteiger partial charge is 0.466 e. The molecule has 18 heavy (non-hydrogen) atoms. The third-order valence-electron chi connectivity index (χ3n) is 2.99. The Bertz CT molecular complexity index is 468. The molecule has 1 heterocycles. The molecule has 4 heteroatoms. The fourth-order valence-electron chi connectivity index (χ4n) is 2.05. The van der Waals surface area contributed by atoms with E-state index in [1.807, 2.05) is 18.2 Å². The number of ether oxygens (including phenoxy) is 1. The molecule has 1 N–H and O–H groups in total. The lowest BCUT2D eigenvalue weighted by molar-refractivity contribution is -0.143. The fraction of sp³-hybridized carbons (Fsp3) is 0.429. The highest BCUT2D eigenvalue weighted by Gasteiger charge is 2.14. The number of esters is 1. The molecule has 1 amide bonds. The summed E-state index contributed by atoms with van der Waals surface area (Å²) >= 11 is 0. The minimum atomic E-state index is -0.181. The lowest BCUT2D eigenvalue weighted by atomic mass is 9.99. The van der Waals surface area contributed by atoms with E-state index in [2.05, 4.69) is 5.32 Å². The number of rotatable bonds is 4. The van der Waals surface area contributed by atoms with Gasteiger partial charge in [0.1, 0.15) is 0 Å². The maximum atomic E-state index is 11.3. The Morgan fingerprint density at radius 3 is 3.00 bits per heavy atom. The van der Waals surface area contributed by atoms with Crippen LogP contribution in [0.25, 0.3) is 0 Å². The van der Waals surface area contributed by atoms with Crippen LogP contribution in [0.15, 0.2) is 18.2 Å². The van der Waals surface area contributed by atoms with E-state index in [1.54, 1.807) is 6.92 Å². The zero-order valence-electron chi connectivity index (χ0n) is 10.5. The standard InChI is InChI=1S/C14H17NO3/c1-2-18-14(17)8-4-10-3-5-11-6-7-13(16)15-12(11)9-10/h3,5,9H,2,4,6-8H2,1H3,(H,15,16). The molecular weight excluding hydrogens is 230 g/mol. The van der Waals surface area contributed by atoms with Crippen molar-refractivity contribution in [2.45, 2.75) is 32.6 Å². The second-order valence-corrected chi connectivity index (χ2v) is 4.34. The molecule has 4 nitrogen and oxygen atoms in total. The number of anilines is 1. The molecule has 1 aliphatic rings. The number of carbonyl (C=O) groups excluding carboxylic acids is 2.